The Hall–Kier alpha value is -2.82. The van der Waals surface area contributed by atoms with Gasteiger partial charge < -0.3 is 15.1 Å². The van der Waals surface area contributed by atoms with E-state index in [1.54, 1.807) is 24.3 Å². The molecule has 0 unspecified atom stereocenters. The number of fused-ring (bicyclic) bond motifs is 1. The fraction of sp³-hybridized carbons (Fsp3) is 0.300. The summed E-state index contributed by atoms with van der Waals surface area (Å²) in [4.78, 5) is 28.3. The van der Waals surface area contributed by atoms with Crippen molar-refractivity contribution in [2.75, 3.05) is 28.2 Å². The van der Waals surface area contributed by atoms with Crippen LogP contribution in [0.15, 0.2) is 48.5 Å². The number of nitrogens with zero attached hydrogens (tertiary/aromatic N) is 2. The zero-order chi connectivity index (χ0) is 18.0. The van der Waals surface area contributed by atoms with Crippen molar-refractivity contribution < 1.29 is 9.59 Å². The van der Waals surface area contributed by atoms with E-state index >= 15 is 0 Å². The molecule has 1 N–H and O–H groups in total. The fourth-order valence-electron chi connectivity index (χ4n) is 3.19. The highest BCUT2D eigenvalue weighted by Gasteiger charge is 2.28. The summed E-state index contributed by atoms with van der Waals surface area (Å²) < 4.78 is 0. The molecule has 0 aromatic heterocycles. The first-order valence-corrected chi connectivity index (χ1v) is 8.52. The molecule has 0 radical (unpaired) electrons. The number of hydrogen-bond acceptors (Lipinski definition) is 3. The van der Waals surface area contributed by atoms with Crippen LogP contribution in [-0.2, 0) is 4.79 Å². The summed E-state index contributed by atoms with van der Waals surface area (Å²) in [7, 11) is 0. The predicted molar refractivity (Wildman–Crippen MR) is 101 cm³/mol. The smallest absolute Gasteiger partial charge is 0.258 e. The molecule has 2 aromatic rings. The average Bonchev–Trinajstić information content (AvgIpc) is 2.60. The molecule has 0 saturated heterocycles. The molecule has 1 aliphatic rings. The third kappa shape index (κ3) is 3.50. The molecular weight excluding hydrogens is 314 g/mol. The van der Waals surface area contributed by atoms with Gasteiger partial charge in [0, 0.05) is 37.3 Å². The number of para-hydroxylation sites is 2. The minimum absolute atomic E-state index is 0.0229. The molecule has 2 amide bonds. The number of hydrogen-bond donors (Lipinski definition) is 1. The lowest BCUT2D eigenvalue weighted by Crippen LogP contribution is -2.46. The minimum atomic E-state index is -0.127. The van der Waals surface area contributed by atoms with E-state index in [2.05, 4.69) is 30.1 Å². The second-order valence-corrected chi connectivity index (χ2v) is 6.49. The van der Waals surface area contributed by atoms with Crippen LogP contribution in [0.1, 0.15) is 31.1 Å². The zero-order valence-corrected chi connectivity index (χ0v) is 14.8. The Morgan fingerprint density at radius 1 is 0.960 bits per heavy atom. The third-order valence-electron chi connectivity index (χ3n) is 4.37. The van der Waals surface area contributed by atoms with Crippen LogP contribution in [0.2, 0.25) is 0 Å². The van der Waals surface area contributed by atoms with E-state index in [1.807, 2.05) is 23.1 Å². The van der Waals surface area contributed by atoms with Crippen LogP contribution in [0.25, 0.3) is 0 Å². The number of carbonyl (C=O) groups excluding carboxylic acids is 2. The number of nitrogens with one attached hydrogen (secondary N) is 1. The molecule has 2 aromatic carbocycles. The summed E-state index contributed by atoms with van der Waals surface area (Å²) in [6.45, 7) is 7.25. The summed E-state index contributed by atoms with van der Waals surface area (Å²) in [5.41, 5.74) is 3.33. The number of amides is 2. The highest BCUT2D eigenvalue weighted by molar-refractivity contribution is 6.08. The molecular formula is C20H23N3O2. The summed E-state index contributed by atoms with van der Waals surface area (Å²) >= 11 is 0. The van der Waals surface area contributed by atoms with E-state index < -0.39 is 0 Å². The van der Waals surface area contributed by atoms with Crippen LogP contribution in [0.5, 0.6) is 0 Å². The second kappa shape index (κ2) is 6.97. The van der Waals surface area contributed by atoms with Gasteiger partial charge in [-0.2, -0.15) is 0 Å². The summed E-state index contributed by atoms with van der Waals surface area (Å²) in [5.74, 6) is -0.150. The van der Waals surface area contributed by atoms with E-state index in [0.717, 1.165) is 17.9 Å². The quantitative estimate of drug-likeness (QED) is 0.932. The molecule has 0 fully saturated rings. The van der Waals surface area contributed by atoms with Crippen LogP contribution in [-0.4, -0.2) is 30.9 Å². The number of carbonyl (C=O) groups is 2. The lowest BCUT2D eigenvalue weighted by Gasteiger charge is -2.40. The van der Waals surface area contributed by atoms with Crippen LogP contribution in [0.3, 0.4) is 0 Å². The Labute approximate surface area is 148 Å². The lowest BCUT2D eigenvalue weighted by molar-refractivity contribution is -0.114. The molecule has 3 rings (SSSR count). The molecule has 5 heteroatoms. The van der Waals surface area contributed by atoms with E-state index in [9.17, 15) is 9.59 Å². The van der Waals surface area contributed by atoms with Crippen molar-refractivity contribution in [2.24, 2.45) is 0 Å². The van der Waals surface area contributed by atoms with Gasteiger partial charge in [0.1, 0.15) is 0 Å². The molecule has 5 nitrogen and oxygen atoms in total. The van der Waals surface area contributed by atoms with Gasteiger partial charge in [-0.05, 0) is 50.2 Å². The van der Waals surface area contributed by atoms with Crippen LogP contribution < -0.4 is 15.1 Å². The Bertz CT molecular complexity index is 784. The number of anilines is 3. The van der Waals surface area contributed by atoms with Gasteiger partial charge in [-0.15, -0.1) is 0 Å². The standard InChI is InChI=1S/C20H23N3O2/c1-14(2)22-12-13-23(19-7-5-4-6-18(19)22)20(25)16-8-10-17(11-9-16)21-15(3)24/h4-11,14H,12-13H2,1-3H3,(H,21,24). The Morgan fingerprint density at radius 3 is 2.20 bits per heavy atom. The molecule has 0 spiro atoms. The molecule has 1 heterocycles. The summed E-state index contributed by atoms with van der Waals surface area (Å²) in [6.07, 6.45) is 0. The SMILES string of the molecule is CC(=O)Nc1ccc(C(=O)N2CCN(C(C)C)c3ccccc32)cc1. The van der Waals surface area contributed by atoms with Gasteiger partial charge in [0.25, 0.3) is 5.91 Å². The molecule has 0 saturated carbocycles. The van der Waals surface area contributed by atoms with Gasteiger partial charge in [0.15, 0.2) is 0 Å². The highest BCUT2D eigenvalue weighted by Crippen LogP contribution is 2.34. The van der Waals surface area contributed by atoms with Gasteiger partial charge in [0.05, 0.1) is 11.4 Å². The van der Waals surface area contributed by atoms with Gasteiger partial charge in [-0.3, -0.25) is 9.59 Å². The van der Waals surface area contributed by atoms with E-state index in [1.165, 1.54) is 6.92 Å². The van der Waals surface area contributed by atoms with Crippen molar-refractivity contribution >= 4 is 28.9 Å². The largest absolute Gasteiger partial charge is 0.366 e. The van der Waals surface area contributed by atoms with Crippen molar-refractivity contribution in [2.45, 2.75) is 26.8 Å². The molecule has 0 aliphatic carbocycles. The maximum atomic E-state index is 13.0. The van der Waals surface area contributed by atoms with Crippen LogP contribution in [0.4, 0.5) is 17.1 Å². The first-order valence-electron chi connectivity index (χ1n) is 8.52. The predicted octanol–water partition coefficient (Wildman–Crippen LogP) is 3.52. The zero-order valence-electron chi connectivity index (χ0n) is 14.8. The Morgan fingerprint density at radius 2 is 1.60 bits per heavy atom. The van der Waals surface area contributed by atoms with Gasteiger partial charge in [-0.25, -0.2) is 0 Å². The van der Waals surface area contributed by atoms with Crippen molar-refractivity contribution in [1.82, 2.24) is 0 Å². The van der Waals surface area contributed by atoms with E-state index in [4.69, 9.17) is 0 Å². The summed E-state index contributed by atoms with van der Waals surface area (Å²) in [5, 5.41) is 2.71. The minimum Gasteiger partial charge on any atom is -0.366 e. The Kier molecular flexibility index (Phi) is 4.74. The first-order chi connectivity index (χ1) is 12.0. The van der Waals surface area contributed by atoms with Crippen LogP contribution in [0, 0.1) is 0 Å². The van der Waals surface area contributed by atoms with Crippen molar-refractivity contribution in [3.05, 3.63) is 54.1 Å². The monoisotopic (exact) mass is 337 g/mol. The van der Waals surface area contributed by atoms with Crippen LogP contribution >= 0.6 is 0 Å². The molecule has 0 bridgehead atoms. The normalized spacial score (nSPS) is 13.6. The van der Waals surface area contributed by atoms with E-state index in [0.29, 0.717) is 23.8 Å². The van der Waals surface area contributed by atoms with Gasteiger partial charge in [-0.1, -0.05) is 12.1 Å². The first kappa shape index (κ1) is 17.0. The average molecular weight is 337 g/mol. The highest BCUT2D eigenvalue weighted by atomic mass is 16.2. The maximum Gasteiger partial charge on any atom is 0.258 e. The lowest BCUT2D eigenvalue weighted by atomic mass is 10.1. The topological polar surface area (TPSA) is 52.7 Å². The van der Waals surface area contributed by atoms with E-state index in [-0.39, 0.29) is 11.8 Å². The molecule has 1 aliphatic heterocycles. The van der Waals surface area contributed by atoms with Crippen molar-refractivity contribution in [3.8, 4) is 0 Å². The van der Waals surface area contributed by atoms with Crippen molar-refractivity contribution in [3.63, 3.8) is 0 Å². The molecule has 0 atom stereocenters. The third-order valence-corrected chi connectivity index (χ3v) is 4.37. The van der Waals surface area contributed by atoms with Crippen molar-refractivity contribution in [1.29, 1.82) is 0 Å². The maximum absolute atomic E-state index is 13.0. The van der Waals surface area contributed by atoms with Gasteiger partial charge in [0.2, 0.25) is 5.91 Å². The summed E-state index contributed by atoms with van der Waals surface area (Å²) in [6, 6.07) is 15.4. The number of rotatable bonds is 3. The second-order valence-electron chi connectivity index (χ2n) is 6.49. The molecule has 25 heavy (non-hydrogen) atoms. The Balaban J connectivity index is 1.87. The fourth-order valence-corrected chi connectivity index (χ4v) is 3.19. The van der Waals surface area contributed by atoms with Gasteiger partial charge >= 0.3 is 0 Å². The number of benzene rings is 2. The molecule has 130 valence electrons.